The number of likely N-dealkylation sites (N-methyl/N-ethyl adjacent to an activating group) is 1. The molecule has 0 unspecified atom stereocenters. The summed E-state index contributed by atoms with van der Waals surface area (Å²) in [5.41, 5.74) is 1.16. The maximum absolute atomic E-state index is 13.4. The largest absolute Gasteiger partial charge is 0.463 e. The first-order valence-corrected chi connectivity index (χ1v) is 9.57. The average Bonchev–Trinajstić information content (AvgIpc) is 2.67. The Morgan fingerprint density at radius 3 is 1.74 bits per heavy atom. The molecule has 2 aromatic rings. The van der Waals surface area contributed by atoms with Crippen molar-refractivity contribution in [3.05, 3.63) is 71.8 Å². The van der Waals surface area contributed by atoms with E-state index in [-0.39, 0.29) is 24.3 Å². The lowest BCUT2D eigenvalue weighted by molar-refractivity contribution is -0.151. The molecule has 0 fully saturated rings. The Morgan fingerprint density at radius 1 is 0.926 bits per heavy atom. The van der Waals surface area contributed by atoms with Gasteiger partial charge in [0.1, 0.15) is 12.0 Å². The van der Waals surface area contributed by atoms with Crippen molar-refractivity contribution in [3.8, 4) is 0 Å². The van der Waals surface area contributed by atoms with Crippen LogP contribution in [0.2, 0.25) is 0 Å². The zero-order valence-corrected chi connectivity index (χ0v) is 17.7. The summed E-state index contributed by atoms with van der Waals surface area (Å²) in [6.45, 7) is 11.5. The second kappa shape index (κ2) is 11.1. The van der Waals surface area contributed by atoms with E-state index in [4.69, 9.17) is 4.74 Å². The number of hydrogen-bond donors (Lipinski definition) is 0. The number of carbonyl (C=O) groups excluding carboxylic acids is 1. The zero-order valence-electron chi connectivity index (χ0n) is 16.9. The van der Waals surface area contributed by atoms with Crippen molar-refractivity contribution in [2.24, 2.45) is 5.92 Å². The fourth-order valence-corrected chi connectivity index (χ4v) is 3.63. The zero-order chi connectivity index (χ0) is 19.0. The van der Waals surface area contributed by atoms with Gasteiger partial charge in [0, 0.05) is 6.54 Å². The molecule has 0 bridgehead atoms. The highest BCUT2D eigenvalue weighted by Gasteiger charge is 2.46. The third-order valence-electron chi connectivity index (χ3n) is 5.18. The van der Waals surface area contributed by atoms with Crippen LogP contribution in [0, 0.1) is 5.92 Å². The lowest BCUT2D eigenvalue weighted by Gasteiger charge is -2.36. The van der Waals surface area contributed by atoms with E-state index in [2.05, 4.69) is 32.6 Å². The number of rotatable bonds is 9. The molecule has 2 aromatic carbocycles. The molecule has 0 amide bonds. The molecular formula is C23H32ClNO2. The van der Waals surface area contributed by atoms with E-state index in [9.17, 15) is 4.79 Å². The number of esters is 1. The molecule has 4 heteroatoms. The molecular weight excluding hydrogens is 358 g/mol. The number of hydrogen-bond acceptors (Lipinski definition) is 3. The first kappa shape index (κ1) is 23.2. The molecule has 0 radical (unpaired) electrons. The van der Waals surface area contributed by atoms with Gasteiger partial charge < -0.3 is 9.64 Å². The summed E-state index contributed by atoms with van der Waals surface area (Å²) in [5.74, 6) is -0.106. The van der Waals surface area contributed by atoms with Gasteiger partial charge in [-0.3, -0.25) is 4.79 Å². The molecule has 0 saturated carbocycles. The molecule has 27 heavy (non-hydrogen) atoms. The van der Waals surface area contributed by atoms with Crippen LogP contribution in [0.5, 0.6) is 0 Å². The van der Waals surface area contributed by atoms with Crippen LogP contribution < -0.4 is 0 Å². The smallest absolute Gasteiger partial charge is 0.321 e. The van der Waals surface area contributed by atoms with Crippen LogP contribution in [0.3, 0.4) is 0 Å². The van der Waals surface area contributed by atoms with Crippen LogP contribution >= 0.6 is 12.4 Å². The molecule has 0 N–H and O–H groups in total. The van der Waals surface area contributed by atoms with Crippen LogP contribution in [-0.2, 0) is 14.9 Å². The van der Waals surface area contributed by atoms with Crippen LogP contribution in [-0.4, -0.2) is 37.1 Å². The van der Waals surface area contributed by atoms with Gasteiger partial charge in [-0.05, 0) is 30.1 Å². The Labute approximate surface area is 170 Å². The second-order valence-electron chi connectivity index (χ2n) is 6.86. The van der Waals surface area contributed by atoms with E-state index in [0.717, 1.165) is 30.8 Å². The van der Waals surface area contributed by atoms with Crippen molar-refractivity contribution in [3.63, 3.8) is 0 Å². The SMILES string of the molecule is CCN(CC)CCOC(=O)C(c1ccccc1)(c1ccccc1)C(C)C.Cl. The summed E-state index contributed by atoms with van der Waals surface area (Å²) < 4.78 is 5.83. The minimum Gasteiger partial charge on any atom is -0.463 e. The van der Waals surface area contributed by atoms with E-state index >= 15 is 0 Å². The van der Waals surface area contributed by atoms with E-state index < -0.39 is 5.41 Å². The van der Waals surface area contributed by atoms with Gasteiger partial charge in [0.15, 0.2) is 0 Å². The second-order valence-corrected chi connectivity index (χ2v) is 6.86. The number of nitrogens with zero attached hydrogens (tertiary/aromatic N) is 1. The standard InChI is InChI=1S/C23H31NO2.ClH/c1-5-24(6-2)17-18-26-22(25)23(19(3)4,20-13-9-7-10-14-20)21-15-11-8-12-16-21;/h7-16,19H,5-6,17-18H2,1-4H3;1H. The number of ether oxygens (including phenoxy) is 1. The average molecular weight is 390 g/mol. The van der Waals surface area contributed by atoms with Crippen molar-refractivity contribution in [2.75, 3.05) is 26.2 Å². The van der Waals surface area contributed by atoms with Crippen LogP contribution in [0.1, 0.15) is 38.8 Å². The van der Waals surface area contributed by atoms with E-state index in [1.165, 1.54) is 0 Å². The van der Waals surface area contributed by atoms with Gasteiger partial charge >= 0.3 is 5.97 Å². The molecule has 3 nitrogen and oxygen atoms in total. The summed E-state index contributed by atoms with van der Waals surface area (Å²) in [7, 11) is 0. The van der Waals surface area contributed by atoms with Crippen molar-refractivity contribution in [2.45, 2.75) is 33.1 Å². The minimum atomic E-state index is -0.800. The van der Waals surface area contributed by atoms with Gasteiger partial charge in [0.2, 0.25) is 0 Å². The molecule has 0 aromatic heterocycles. The predicted octanol–water partition coefficient (Wildman–Crippen LogP) is 4.94. The fourth-order valence-electron chi connectivity index (χ4n) is 3.63. The van der Waals surface area contributed by atoms with Crippen molar-refractivity contribution in [1.29, 1.82) is 0 Å². The lowest BCUT2D eigenvalue weighted by atomic mass is 9.67. The molecule has 0 atom stereocenters. The number of halogens is 1. The highest BCUT2D eigenvalue weighted by molar-refractivity contribution is 5.88. The number of benzene rings is 2. The molecule has 0 heterocycles. The van der Waals surface area contributed by atoms with Crippen LogP contribution in [0.4, 0.5) is 0 Å². The Hall–Kier alpha value is -1.84. The summed E-state index contributed by atoms with van der Waals surface area (Å²) in [6.07, 6.45) is 0. The summed E-state index contributed by atoms with van der Waals surface area (Å²) in [4.78, 5) is 15.7. The van der Waals surface area contributed by atoms with Crippen molar-refractivity contribution in [1.82, 2.24) is 4.90 Å². The van der Waals surface area contributed by atoms with Gasteiger partial charge in [-0.1, -0.05) is 88.4 Å². The molecule has 0 aliphatic carbocycles. The summed E-state index contributed by atoms with van der Waals surface area (Å²) in [6, 6.07) is 20.0. The van der Waals surface area contributed by atoms with Gasteiger partial charge in [0.05, 0.1) is 0 Å². The Kier molecular flexibility index (Phi) is 9.54. The monoisotopic (exact) mass is 389 g/mol. The first-order valence-electron chi connectivity index (χ1n) is 9.57. The van der Waals surface area contributed by atoms with Gasteiger partial charge in [-0.2, -0.15) is 0 Å². The minimum absolute atomic E-state index is 0. The fraction of sp³-hybridized carbons (Fsp3) is 0.435. The Morgan fingerprint density at radius 2 is 1.37 bits per heavy atom. The molecule has 0 aliphatic heterocycles. The van der Waals surface area contributed by atoms with Gasteiger partial charge in [-0.15, -0.1) is 12.4 Å². The van der Waals surface area contributed by atoms with Gasteiger partial charge in [0.25, 0.3) is 0 Å². The van der Waals surface area contributed by atoms with Gasteiger partial charge in [-0.25, -0.2) is 0 Å². The normalized spacial score (nSPS) is 11.3. The summed E-state index contributed by atoms with van der Waals surface area (Å²) in [5, 5.41) is 0. The first-order chi connectivity index (χ1) is 12.6. The molecule has 2 rings (SSSR count). The van der Waals surface area contributed by atoms with Crippen molar-refractivity contribution < 1.29 is 9.53 Å². The number of carbonyl (C=O) groups is 1. The van der Waals surface area contributed by atoms with E-state index in [1.54, 1.807) is 0 Å². The molecule has 0 aliphatic rings. The third-order valence-corrected chi connectivity index (χ3v) is 5.18. The lowest BCUT2D eigenvalue weighted by Crippen LogP contribution is -2.44. The van der Waals surface area contributed by atoms with Crippen molar-refractivity contribution >= 4 is 18.4 Å². The predicted molar refractivity (Wildman–Crippen MR) is 114 cm³/mol. The Balaban J connectivity index is 0.00000364. The highest BCUT2D eigenvalue weighted by atomic mass is 35.5. The molecule has 148 valence electrons. The van der Waals surface area contributed by atoms with Crippen LogP contribution in [0.25, 0.3) is 0 Å². The van der Waals surface area contributed by atoms with E-state index in [1.807, 2.05) is 60.7 Å². The highest BCUT2D eigenvalue weighted by Crippen LogP contribution is 2.40. The van der Waals surface area contributed by atoms with E-state index in [0.29, 0.717) is 6.61 Å². The topological polar surface area (TPSA) is 29.5 Å². The summed E-state index contributed by atoms with van der Waals surface area (Å²) >= 11 is 0. The Bertz CT molecular complexity index is 630. The third kappa shape index (κ3) is 5.12. The molecule has 0 spiro atoms. The molecule has 0 saturated heterocycles. The quantitative estimate of drug-likeness (QED) is 0.569. The maximum atomic E-state index is 13.4. The maximum Gasteiger partial charge on any atom is 0.321 e. The van der Waals surface area contributed by atoms with Crippen LogP contribution in [0.15, 0.2) is 60.7 Å².